The second-order valence-corrected chi connectivity index (χ2v) is 6.83. The zero-order valence-corrected chi connectivity index (χ0v) is 20.4. The number of hydrogen-bond acceptors (Lipinski definition) is 4. The first kappa shape index (κ1) is 26.9. The van der Waals surface area contributed by atoms with Gasteiger partial charge in [0.05, 0.1) is 6.61 Å². The molecule has 0 saturated heterocycles. The molecule has 0 aromatic heterocycles. The Kier molecular flexibility index (Phi) is 16.2. The summed E-state index contributed by atoms with van der Waals surface area (Å²) in [6, 6.07) is 6.24. The van der Waals surface area contributed by atoms with E-state index in [1.165, 1.54) is 5.56 Å². The molecule has 1 aromatic rings. The highest BCUT2D eigenvalue weighted by atomic mass is 127. The van der Waals surface area contributed by atoms with Gasteiger partial charge in [0, 0.05) is 45.5 Å². The van der Waals surface area contributed by atoms with E-state index in [0.717, 1.165) is 43.5 Å². The summed E-state index contributed by atoms with van der Waals surface area (Å²) in [7, 11) is 1.78. The lowest BCUT2D eigenvalue weighted by Crippen LogP contribution is -2.37. The maximum Gasteiger partial charge on any atom is 0.191 e. The zero-order chi connectivity index (χ0) is 19.9. The van der Waals surface area contributed by atoms with Gasteiger partial charge < -0.3 is 24.8 Å². The van der Waals surface area contributed by atoms with Crippen LogP contribution in [0.4, 0.5) is 0 Å². The molecule has 6 nitrogen and oxygen atoms in total. The molecule has 0 amide bonds. The van der Waals surface area contributed by atoms with Crippen LogP contribution in [0.15, 0.2) is 23.2 Å². The van der Waals surface area contributed by atoms with Gasteiger partial charge in [-0.25, -0.2) is 0 Å². The lowest BCUT2D eigenvalue weighted by Gasteiger charge is -2.15. The predicted molar refractivity (Wildman–Crippen MR) is 127 cm³/mol. The number of aliphatic imine (C=N–C) groups is 1. The van der Waals surface area contributed by atoms with Gasteiger partial charge >= 0.3 is 0 Å². The monoisotopic (exact) mass is 507 g/mol. The van der Waals surface area contributed by atoms with Gasteiger partial charge in [-0.3, -0.25) is 4.99 Å². The molecule has 0 bridgehead atoms. The van der Waals surface area contributed by atoms with Crippen molar-refractivity contribution in [3.8, 4) is 5.75 Å². The molecule has 0 saturated carbocycles. The van der Waals surface area contributed by atoms with Crippen LogP contribution in [0.1, 0.15) is 38.3 Å². The number of halogens is 1. The van der Waals surface area contributed by atoms with E-state index in [-0.39, 0.29) is 24.0 Å². The smallest absolute Gasteiger partial charge is 0.191 e. The van der Waals surface area contributed by atoms with Crippen LogP contribution in [0.5, 0.6) is 5.75 Å². The molecule has 0 atom stereocenters. The molecular formula is C21H38IN3O3. The van der Waals surface area contributed by atoms with Gasteiger partial charge in [-0.05, 0) is 37.8 Å². The molecule has 0 spiro atoms. The average molecular weight is 507 g/mol. The largest absolute Gasteiger partial charge is 0.491 e. The minimum absolute atomic E-state index is 0. The highest BCUT2D eigenvalue weighted by molar-refractivity contribution is 14.0. The lowest BCUT2D eigenvalue weighted by molar-refractivity contribution is 0.108. The molecule has 162 valence electrons. The second-order valence-electron chi connectivity index (χ2n) is 6.83. The molecular weight excluding hydrogens is 469 g/mol. The summed E-state index contributed by atoms with van der Waals surface area (Å²) in [5.74, 6) is 2.24. The summed E-state index contributed by atoms with van der Waals surface area (Å²) >= 11 is 0. The molecule has 0 aliphatic carbocycles. The van der Waals surface area contributed by atoms with Crippen molar-refractivity contribution in [1.82, 2.24) is 10.6 Å². The van der Waals surface area contributed by atoms with E-state index in [9.17, 15) is 0 Å². The highest BCUT2D eigenvalue weighted by Crippen LogP contribution is 2.20. The Morgan fingerprint density at radius 2 is 1.89 bits per heavy atom. The topological polar surface area (TPSA) is 64.1 Å². The van der Waals surface area contributed by atoms with Crippen molar-refractivity contribution in [2.45, 2.75) is 40.7 Å². The van der Waals surface area contributed by atoms with E-state index in [1.54, 1.807) is 7.05 Å². The molecule has 0 aliphatic rings. The van der Waals surface area contributed by atoms with Crippen LogP contribution >= 0.6 is 24.0 Å². The third-order valence-electron chi connectivity index (χ3n) is 3.79. The summed E-state index contributed by atoms with van der Waals surface area (Å²) in [5, 5.41) is 6.66. The quantitative estimate of drug-likeness (QED) is 0.184. The minimum Gasteiger partial charge on any atom is -0.491 e. The molecule has 0 fully saturated rings. The maximum absolute atomic E-state index is 5.89. The number of rotatable bonds is 13. The van der Waals surface area contributed by atoms with Gasteiger partial charge in [-0.2, -0.15) is 0 Å². The highest BCUT2D eigenvalue weighted by Gasteiger charge is 2.06. The number of nitrogens with one attached hydrogen (secondary N) is 2. The third kappa shape index (κ3) is 12.4. The first-order valence-corrected chi connectivity index (χ1v) is 9.89. The Balaban J connectivity index is 0.00000729. The standard InChI is InChI=1S/C21H37N3O3.HI/c1-6-25-12-13-27-20-14-18(4)8-9-19(20)15-24-21(22-5)23-10-7-11-26-16-17(2)3;/h8-9,14,17H,6-7,10-13,15-16H2,1-5H3,(H2,22,23,24);1H. The number of ether oxygens (including phenoxy) is 3. The SMILES string of the molecule is CCOCCOc1cc(C)ccc1CNC(=NC)NCCCOCC(C)C.I. The Morgan fingerprint density at radius 1 is 1.11 bits per heavy atom. The number of nitrogens with zero attached hydrogens (tertiary/aromatic N) is 1. The maximum atomic E-state index is 5.89. The van der Waals surface area contributed by atoms with Gasteiger partial charge in [0.1, 0.15) is 12.4 Å². The summed E-state index contributed by atoms with van der Waals surface area (Å²) in [6.45, 7) is 13.3. The Labute approximate surface area is 187 Å². The zero-order valence-electron chi connectivity index (χ0n) is 18.0. The Hall–Kier alpha value is -1.06. The third-order valence-corrected chi connectivity index (χ3v) is 3.79. The van der Waals surface area contributed by atoms with Crippen molar-refractivity contribution < 1.29 is 14.2 Å². The van der Waals surface area contributed by atoms with E-state index in [0.29, 0.717) is 32.3 Å². The van der Waals surface area contributed by atoms with Gasteiger partial charge in [-0.1, -0.05) is 26.0 Å². The predicted octanol–water partition coefficient (Wildman–Crippen LogP) is 3.76. The van der Waals surface area contributed by atoms with Gasteiger partial charge in [0.2, 0.25) is 0 Å². The Morgan fingerprint density at radius 3 is 2.57 bits per heavy atom. The van der Waals surface area contributed by atoms with Crippen molar-refractivity contribution in [1.29, 1.82) is 0 Å². The summed E-state index contributed by atoms with van der Waals surface area (Å²) in [4.78, 5) is 4.28. The van der Waals surface area contributed by atoms with Crippen LogP contribution in [0.2, 0.25) is 0 Å². The fourth-order valence-corrected chi connectivity index (χ4v) is 2.40. The van der Waals surface area contributed by atoms with E-state index >= 15 is 0 Å². The van der Waals surface area contributed by atoms with Crippen LogP contribution in [0.3, 0.4) is 0 Å². The minimum atomic E-state index is 0. The normalized spacial score (nSPS) is 11.3. The van der Waals surface area contributed by atoms with E-state index < -0.39 is 0 Å². The van der Waals surface area contributed by atoms with Crippen LogP contribution in [-0.2, 0) is 16.0 Å². The fourth-order valence-electron chi connectivity index (χ4n) is 2.40. The van der Waals surface area contributed by atoms with Crippen LogP contribution < -0.4 is 15.4 Å². The van der Waals surface area contributed by atoms with E-state index in [1.807, 2.05) is 6.92 Å². The average Bonchev–Trinajstić information content (AvgIpc) is 2.65. The van der Waals surface area contributed by atoms with Crippen molar-refractivity contribution >= 4 is 29.9 Å². The molecule has 0 unspecified atom stereocenters. The van der Waals surface area contributed by atoms with Gasteiger partial charge in [0.25, 0.3) is 0 Å². The molecule has 0 radical (unpaired) electrons. The molecule has 2 N–H and O–H groups in total. The van der Waals surface area contributed by atoms with Crippen molar-refractivity contribution in [3.63, 3.8) is 0 Å². The Bertz CT molecular complexity index is 554. The molecule has 1 aromatic carbocycles. The number of guanidine groups is 1. The molecule has 0 aliphatic heterocycles. The van der Waals surface area contributed by atoms with Crippen molar-refractivity contribution in [2.24, 2.45) is 10.9 Å². The number of benzene rings is 1. The summed E-state index contributed by atoms with van der Waals surface area (Å²) < 4.78 is 16.8. The van der Waals surface area contributed by atoms with Crippen LogP contribution in [-0.4, -0.2) is 52.6 Å². The first-order chi connectivity index (χ1) is 13.1. The van der Waals surface area contributed by atoms with Gasteiger partial charge in [0.15, 0.2) is 5.96 Å². The molecule has 0 heterocycles. The first-order valence-electron chi connectivity index (χ1n) is 9.89. The fraction of sp³-hybridized carbons (Fsp3) is 0.667. The molecule has 1 rings (SSSR count). The molecule has 7 heteroatoms. The van der Waals surface area contributed by atoms with Crippen molar-refractivity contribution in [3.05, 3.63) is 29.3 Å². The summed E-state index contributed by atoms with van der Waals surface area (Å²) in [5.41, 5.74) is 2.27. The number of hydrogen-bond donors (Lipinski definition) is 2. The van der Waals surface area contributed by atoms with Gasteiger partial charge in [-0.15, -0.1) is 24.0 Å². The summed E-state index contributed by atoms with van der Waals surface area (Å²) in [6.07, 6.45) is 0.948. The van der Waals surface area contributed by atoms with E-state index in [2.05, 4.69) is 54.6 Å². The van der Waals surface area contributed by atoms with Crippen LogP contribution in [0, 0.1) is 12.8 Å². The molecule has 28 heavy (non-hydrogen) atoms. The van der Waals surface area contributed by atoms with E-state index in [4.69, 9.17) is 14.2 Å². The lowest BCUT2D eigenvalue weighted by atomic mass is 10.1. The van der Waals surface area contributed by atoms with Crippen molar-refractivity contribution in [2.75, 3.05) is 46.6 Å². The second kappa shape index (κ2) is 16.9. The number of aryl methyl sites for hydroxylation is 1. The van der Waals surface area contributed by atoms with Crippen LogP contribution in [0.25, 0.3) is 0 Å².